The minimum atomic E-state index is 0.700. The van der Waals surface area contributed by atoms with Gasteiger partial charge in [0.2, 0.25) is 0 Å². The Kier molecular flexibility index (Phi) is 2.75. The van der Waals surface area contributed by atoms with Crippen LogP contribution >= 0.6 is 0 Å². The first-order valence-electron chi connectivity index (χ1n) is 7.19. The molecular formula is C14H26N2. The summed E-state index contributed by atoms with van der Waals surface area (Å²) in [6.07, 6.45) is 8.67. The van der Waals surface area contributed by atoms with Crippen LogP contribution in [-0.2, 0) is 0 Å². The average Bonchev–Trinajstić information content (AvgIpc) is 2.92. The Balaban J connectivity index is 1.61. The number of nitrogens with zero attached hydrogens (tertiary/aromatic N) is 1. The van der Waals surface area contributed by atoms with Gasteiger partial charge in [-0.2, -0.15) is 0 Å². The molecular weight excluding hydrogens is 196 g/mol. The maximum atomic E-state index is 3.66. The van der Waals surface area contributed by atoms with E-state index >= 15 is 0 Å². The third kappa shape index (κ3) is 2.02. The minimum absolute atomic E-state index is 0.700. The van der Waals surface area contributed by atoms with E-state index in [0.717, 1.165) is 24.7 Å². The lowest BCUT2D eigenvalue weighted by Crippen LogP contribution is -2.50. The van der Waals surface area contributed by atoms with Crippen molar-refractivity contribution in [3.8, 4) is 0 Å². The van der Waals surface area contributed by atoms with Crippen LogP contribution in [0.5, 0.6) is 0 Å². The summed E-state index contributed by atoms with van der Waals surface area (Å²) in [6, 6.07) is 2.62. The van der Waals surface area contributed by atoms with Crippen LogP contribution in [0.15, 0.2) is 0 Å². The first kappa shape index (κ1) is 11.0. The highest BCUT2D eigenvalue weighted by Gasteiger charge is 2.46. The van der Waals surface area contributed by atoms with Crippen molar-refractivity contribution in [1.29, 1.82) is 0 Å². The summed E-state index contributed by atoms with van der Waals surface area (Å²) in [5, 5.41) is 3.66. The number of piperidine rings is 1. The Labute approximate surface area is 99.8 Å². The number of hydrogen-bond donors (Lipinski definition) is 1. The van der Waals surface area contributed by atoms with Gasteiger partial charge in [0.1, 0.15) is 0 Å². The molecule has 16 heavy (non-hydrogen) atoms. The predicted octanol–water partition coefficient (Wildman–Crippen LogP) is 2.39. The molecule has 92 valence electrons. The molecule has 2 bridgehead atoms. The van der Waals surface area contributed by atoms with E-state index in [-0.39, 0.29) is 0 Å². The lowest BCUT2D eigenvalue weighted by molar-refractivity contribution is 0.0961. The van der Waals surface area contributed by atoms with E-state index in [1.165, 1.54) is 45.1 Å². The van der Waals surface area contributed by atoms with Crippen LogP contribution in [0.25, 0.3) is 0 Å². The largest absolute Gasteiger partial charge is 0.314 e. The van der Waals surface area contributed by atoms with E-state index in [0.29, 0.717) is 5.41 Å². The molecule has 2 heteroatoms. The summed E-state index contributed by atoms with van der Waals surface area (Å²) >= 11 is 0. The molecule has 3 fully saturated rings. The van der Waals surface area contributed by atoms with Crippen molar-refractivity contribution in [1.82, 2.24) is 10.2 Å². The lowest BCUT2D eigenvalue weighted by atomic mass is 9.95. The van der Waals surface area contributed by atoms with E-state index in [1.54, 1.807) is 0 Å². The van der Waals surface area contributed by atoms with Crippen molar-refractivity contribution >= 4 is 0 Å². The monoisotopic (exact) mass is 222 g/mol. The fraction of sp³-hybridized carbons (Fsp3) is 1.00. The van der Waals surface area contributed by atoms with Gasteiger partial charge in [0, 0.05) is 24.7 Å². The van der Waals surface area contributed by atoms with Crippen molar-refractivity contribution in [2.75, 3.05) is 13.1 Å². The van der Waals surface area contributed by atoms with Gasteiger partial charge in [0.15, 0.2) is 0 Å². The van der Waals surface area contributed by atoms with Gasteiger partial charge in [-0.1, -0.05) is 13.8 Å². The van der Waals surface area contributed by atoms with Crippen molar-refractivity contribution in [3.63, 3.8) is 0 Å². The van der Waals surface area contributed by atoms with Gasteiger partial charge >= 0.3 is 0 Å². The molecule has 1 aliphatic carbocycles. The quantitative estimate of drug-likeness (QED) is 0.786. The fourth-order valence-corrected chi connectivity index (χ4v) is 3.80. The smallest absolute Gasteiger partial charge is 0.0114 e. The van der Waals surface area contributed by atoms with Crippen molar-refractivity contribution in [2.24, 2.45) is 5.41 Å². The minimum Gasteiger partial charge on any atom is -0.314 e. The maximum absolute atomic E-state index is 3.66. The average molecular weight is 222 g/mol. The molecule has 2 aliphatic heterocycles. The van der Waals surface area contributed by atoms with Crippen molar-refractivity contribution in [2.45, 2.75) is 70.5 Å². The van der Waals surface area contributed by atoms with Gasteiger partial charge in [-0.15, -0.1) is 0 Å². The van der Waals surface area contributed by atoms with Crippen LogP contribution in [0.1, 0.15) is 52.4 Å². The Morgan fingerprint density at radius 3 is 2.31 bits per heavy atom. The Bertz CT molecular complexity index is 245. The first-order valence-corrected chi connectivity index (χ1v) is 7.19. The van der Waals surface area contributed by atoms with Crippen molar-refractivity contribution in [3.05, 3.63) is 0 Å². The number of nitrogens with one attached hydrogen (secondary N) is 1. The van der Waals surface area contributed by atoms with Gasteiger partial charge < -0.3 is 5.32 Å². The molecule has 0 spiro atoms. The molecule has 0 amide bonds. The van der Waals surface area contributed by atoms with E-state index < -0.39 is 0 Å². The van der Waals surface area contributed by atoms with Crippen LogP contribution < -0.4 is 5.32 Å². The number of fused-ring (bicyclic) bond motifs is 2. The first-order chi connectivity index (χ1) is 7.70. The third-order valence-electron chi connectivity index (χ3n) is 5.04. The van der Waals surface area contributed by atoms with E-state index in [9.17, 15) is 0 Å². The molecule has 2 nitrogen and oxygen atoms in total. The van der Waals surface area contributed by atoms with Gasteiger partial charge in [0.25, 0.3) is 0 Å². The van der Waals surface area contributed by atoms with Gasteiger partial charge in [-0.3, -0.25) is 4.90 Å². The highest BCUT2D eigenvalue weighted by atomic mass is 15.2. The summed E-state index contributed by atoms with van der Waals surface area (Å²) in [5.41, 5.74) is 0.700. The zero-order chi connectivity index (χ0) is 11.2. The molecule has 0 aromatic carbocycles. The van der Waals surface area contributed by atoms with Gasteiger partial charge in [0.05, 0.1) is 0 Å². The Hall–Kier alpha value is -0.0800. The van der Waals surface area contributed by atoms with E-state index in [1.807, 2.05) is 0 Å². The van der Waals surface area contributed by atoms with Crippen LogP contribution in [0.2, 0.25) is 0 Å². The third-order valence-corrected chi connectivity index (χ3v) is 5.04. The topological polar surface area (TPSA) is 15.3 Å². The zero-order valence-electron chi connectivity index (χ0n) is 10.8. The highest BCUT2D eigenvalue weighted by molar-refractivity contribution is 5.01. The molecule has 3 aliphatic rings. The second-order valence-corrected chi connectivity index (χ2v) is 6.59. The summed E-state index contributed by atoms with van der Waals surface area (Å²) in [4.78, 5) is 2.86. The molecule has 2 atom stereocenters. The predicted molar refractivity (Wildman–Crippen MR) is 67.6 cm³/mol. The lowest BCUT2D eigenvalue weighted by Gasteiger charge is -2.40. The van der Waals surface area contributed by atoms with Gasteiger partial charge in [-0.05, 0) is 50.5 Å². The Morgan fingerprint density at radius 2 is 1.81 bits per heavy atom. The number of hydrogen-bond acceptors (Lipinski definition) is 2. The second kappa shape index (κ2) is 3.99. The van der Waals surface area contributed by atoms with E-state index in [2.05, 4.69) is 24.1 Å². The van der Waals surface area contributed by atoms with Crippen LogP contribution in [0.4, 0.5) is 0 Å². The fourth-order valence-electron chi connectivity index (χ4n) is 3.80. The highest BCUT2D eigenvalue weighted by Crippen LogP contribution is 2.48. The standard InChI is InChI=1S/C14H26N2/c1-3-15-11-8-12-4-5-13(9-11)16(12)10-14(2)6-7-14/h11-13,15H,3-10H2,1-2H3. The normalized spacial score (nSPS) is 41.2. The molecule has 2 unspecified atom stereocenters. The van der Waals surface area contributed by atoms with Crippen LogP contribution in [0, 0.1) is 5.41 Å². The second-order valence-electron chi connectivity index (χ2n) is 6.59. The van der Waals surface area contributed by atoms with Crippen molar-refractivity contribution < 1.29 is 0 Å². The summed E-state index contributed by atoms with van der Waals surface area (Å²) in [6.45, 7) is 7.24. The molecule has 0 aromatic heterocycles. The summed E-state index contributed by atoms with van der Waals surface area (Å²) in [5.74, 6) is 0. The molecule has 3 rings (SSSR count). The van der Waals surface area contributed by atoms with E-state index in [4.69, 9.17) is 0 Å². The molecule has 2 heterocycles. The zero-order valence-corrected chi connectivity index (χ0v) is 10.8. The molecule has 1 N–H and O–H groups in total. The SMILES string of the molecule is CCNC1CC2CCC(C1)N2CC1(C)CC1. The molecule has 0 radical (unpaired) electrons. The maximum Gasteiger partial charge on any atom is 0.0114 e. The van der Waals surface area contributed by atoms with Crippen LogP contribution in [-0.4, -0.2) is 36.1 Å². The Morgan fingerprint density at radius 1 is 1.19 bits per heavy atom. The molecule has 2 saturated heterocycles. The van der Waals surface area contributed by atoms with Crippen LogP contribution in [0.3, 0.4) is 0 Å². The number of rotatable bonds is 4. The van der Waals surface area contributed by atoms with Gasteiger partial charge in [-0.25, -0.2) is 0 Å². The summed E-state index contributed by atoms with van der Waals surface area (Å²) in [7, 11) is 0. The molecule has 0 aromatic rings. The molecule has 1 saturated carbocycles. The summed E-state index contributed by atoms with van der Waals surface area (Å²) < 4.78 is 0.